The maximum absolute atomic E-state index is 13.9. The molecule has 0 atom stereocenters. The third-order valence-corrected chi connectivity index (χ3v) is 3.71. The van der Waals surface area contributed by atoms with Crippen LogP contribution >= 0.6 is 0 Å². The first-order valence-electron chi connectivity index (χ1n) is 6.47. The molecule has 1 aromatic rings. The van der Waals surface area contributed by atoms with E-state index < -0.39 is 39.4 Å². The lowest BCUT2D eigenvalue weighted by atomic mass is 9.92. The van der Waals surface area contributed by atoms with E-state index in [2.05, 4.69) is 5.32 Å². The van der Waals surface area contributed by atoms with E-state index in [1.54, 1.807) is 0 Å². The number of benzene rings is 1. The van der Waals surface area contributed by atoms with E-state index in [-0.39, 0.29) is 6.42 Å². The van der Waals surface area contributed by atoms with E-state index in [9.17, 15) is 23.7 Å². The van der Waals surface area contributed by atoms with Gasteiger partial charge in [-0.2, -0.15) is 0 Å². The molecule has 0 amide bonds. The van der Waals surface area contributed by atoms with Crippen molar-refractivity contribution in [3.8, 4) is 0 Å². The van der Waals surface area contributed by atoms with Crippen LogP contribution in [0.15, 0.2) is 12.1 Å². The Hall–Kier alpha value is -2.25. The summed E-state index contributed by atoms with van der Waals surface area (Å²) in [5, 5.41) is 22.5. The number of halogens is 2. The molecule has 1 saturated carbocycles. The smallest absolute Gasteiger partial charge is 0.305 e. The van der Waals surface area contributed by atoms with Crippen LogP contribution in [0.5, 0.6) is 0 Å². The molecule has 0 aliphatic heterocycles. The fourth-order valence-electron chi connectivity index (χ4n) is 2.76. The van der Waals surface area contributed by atoms with Crippen LogP contribution in [0.4, 0.5) is 20.2 Å². The molecular formula is C13H14F2N2O4. The minimum absolute atomic E-state index is 0.305. The third kappa shape index (κ3) is 3.09. The molecular weight excluding hydrogens is 286 g/mol. The van der Waals surface area contributed by atoms with Crippen molar-refractivity contribution in [2.75, 3.05) is 5.32 Å². The number of aliphatic carboxylic acids is 1. The normalized spacial score (nSPS) is 16.7. The number of nitro groups is 1. The van der Waals surface area contributed by atoms with Crippen LogP contribution in [0.1, 0.15) is 32.1 Å². The summed E-state index contributed by atoms with van der Waals surface area (Å²) in [6.07, 6.45) is 2.02. The second-order valence-electron chi connectivity index (χ2n) is 5.20. The summed E-state index contributed by atoms with van der Waals surface area (Å²) < 4.78 is 27.2. The molecule has 21 heavy (non-hydrogen) atoms. The van der Waals surface area contributed by atoms with Gasteiger partial charge in [0.05, 0.1) is 11.3 Å². The average Bonchev–Trinajstić information content (AvgIpc) is 2.82. The van der Waals surface area contributed by atoms with Gasteiger partial charge in [-0.15, -0.1) is 0 Å². The van der Waals surface area contributed by atoms with Crippen molar-refractivity contribution >= 4 is 17.3 Å². The number of carboxylic acid groups (broad SMARTS) is 1. The number of nitrogens with one attached hydrogen (secondary N) is 1. The van der Waals surface area contributed by atoms with Crippen molar-refractivity contribution in [2.45, 2.75) is 37.6 Å². The summed E-state index contributed by atoms with van der Waals surface area (Å²) in [5.74, 6) is -3.67. The van der Waals surface area contributed by atoms with Gasteiger partial charge in [0, 0.05) is 11.6 Å². The van der Waals surface area contributed by atoms with Gasteiger partial charge in [0.15, 0.2) is 17.3 Å². The zero-order valence-electron chi connectivity index (χ0n) is 11.1. The van der Waals surface area contributed by atoms with Crippen LogP contribution < -0.4 is 5.32 Å². The quantitative estimate of drug-likeness (QED) is 0.644. The number of anilines is 1. The SMILES string of the molecule is O=C(O)CC1(Nc2c([N+](=O)[O-])ccc(F)c2F)CCCC1. The maximum atomic E-state index is 13.9. The third-order valence-electron chi connectivity index (χ3n) is 3.71. The van der Waals surface area contributed by atoms with Crippen LogP contribution in [0, 0.1) is 21.7 Å². The molecule has 114 valence electrons. The zero-order chi connectivity index (χ0) is 15.6. The number of rotatable bonds is 5. The highest BCUT2D eigenvalue weighted by atomic mass is 19.2. The van der Waals surface area contributed by atoms with Crippen LogP contribution in [0.25, 0.3) is 0 Å². The molecule has 0 unspecified atom stereocenters. The predicted octanol–water partition coefficient (Wildman–Crippen LogP) is 3.07. The Morgan fingerprint density at radius 1 is 1.38 bits per heavy atom. The van der Waals surface area contributed by atoms with Gasteiger partial charge in [0.25, 0.3) is 5.69 Å². The number of hydrogen-bond donors (Lipinski definition) is 2. The Kier molecular flexibility index (Phi) is 4.06. The Labute approximate surface area is 118 Å². The Bertz CT molecular complexity index is 586. The number of nitro benzene ring substituents is 1. The van der Waals surface area contributed by atoms with Gasteiger partial charge < -0.3 is 10.4 Å². The first-order chi connectivity index (χ1) is 9.84. The summed E-state index contributed by atoms with van der Waals surface area (Å²) >= 11 is 0. The molecule has 0 aromatic heterocycles. The van der Waals surface area contributed by atoms with E-state index >= 15 is 0 Å². The standard InChI is InChI=1S/C13H14F2N2O4/c14-8-3-4-9(17(20)21)12(11(8)15)16-13(7-10(18)19)5-1-2-6-13/h3-4,16H,1-2,5-7H2,(H,18,19). The molecule has 0 saturated heterocycles. The van der Waals surface area contributed by atoms with Gasteiger partial charge in [-0.25, -0.2) is 8.78 Å². The van der Waals surface area contributed by atoms with Crippen molar-refractivity contribution in [1.82, 2.24) is 0 Å². The van der Waals surface area contributed by atoms with Gasteiger partial charge in [0.1, 0.15) is 0 Å². The van der Waals surface area contributed by atoms with Crippen LogP contribution in [0.2, 0.25) is 0 Å². The predicted molar refractivity (Wildman–Crippen MR) is 70.1 cm³/mol. The maximum Gasteiger partial charge on any atom is 0.305 e. The highest BCUT2D eigenvalue weighted by Gasteiger charge is 2.38. The largest absolute Gasteiger partial charge is 0.481 e. The average molecular weight is 300 g/mol. The summed E-state index contributed by atoms with van der Waals surface area (Å²) in [7, 11) is 0. The van der Waals surface area contributed by atoms with E-state index in [0.717, 1.165) is 18.9 Å². The van der Waals surface area contributed by atoms with Crippen molar-refractivity contribution in [3.63, 3.8) is 0 Å². The van der Waals surface area contributed by atoms with E-state index in [1.165, 1.54) is 0 Å². The highest BCUT2D eigenvalue weighted by molar-refractivity contribution is 5.71. The van der Waals surface area contributed by atoms with E-state index in [4.69, 9.17) is 5.11 Å². The lowest BCUT2D eigenvalue weighted by molar-refractivity contribution is -0.384. The summed E-state index contributed by atoms with van der Waals surface area (Å²) in [5.41, 5.74) is -2.17. The molecule has 2 rings (SSSR count). The summed E-state index contributed by atoms with van der Waals surface area (Å²) in [6, 6.07) is 1.54. The van der Waals surface area contributed by atoms with Gasteiger partial charge in [-0.1, -0.05) is 12.8 Å². The molecule has 0 spiro atoms. The Morgan fingerprint density at radius 3 is 2.52 bits per heavy atom. The fourth-order valence-corrected chi connectivity index (χ4v) is 2.76. The molecule has 0 heterocycles. The molecule has 2 N–H and O–H groups in total. The molecule has 1 aliphatic rings. The van der Waals surface area contributed by atoms with Crippen molar-refractivity contribution in [1.29, 1.82) is 0 Å². The van der Waals surface area contributed by atoms with Crippen molar-refractivity contribution < 1.29 is 23.6 Å². The summed E-state index contributed by atoms with van der Waals surface area (Å²) in [4.78, 5) is 21.1. The van der Waals surface area contributed by atoms with Crippen LogP contribution in [-0.4, -0.2) is 21.5 Å². The van der Waals surface area contributed by atoms with Crippen LogP contribution in [-0.2, 0) is 4.79 Å². The second kappa shape index (κ2) is 5.63. The lowest BCUT2D eigenvalue weighted by Crippen LogP contribution is -2.38. The number of hydrogen-bond acceptors (Lipinski definition) is 4. The Morgan fingerprint density at radius 2 is 2.00 bits per heavy atom. The van der Waals surface area contributed by atoms with Gasteiger partial charge in [-0.3, -0.25) is 14.9 Å². The fraction of sp³-hybridized carbons (Fsp3) is 0.462. The molecule has 1 fully saturated rings. The molecule has 6 nitrogen and oxygen atoms in total. The molecule has 0 radical (unpaired) electrons. The van der Waals surface area contributed by atoms with E-state index in [0.29, 0.717) is 18.9 Å². The first-order valence-corrected chi connectivity index (χ1v) is 6.47. The van der Waals surface area contributed by atoms with Crippen molar-refractivity contribution in [2.24, 2.45) is 0 Å². The minimum atomic E-state index is -1.36. The number of carbonyl (C=O) groups is 1. The minimum Gasteiger partial charge on any atom is -0.481 e. The molecule has 1 aromatic carbocycles. The molecule has 1 aliphatic carbocycles. The second-order valence-corrected chi connectivity index (χ2v) is 5.20. The van der Waals surface area contributed by atoms with Crippen LogP contribution in [0.3, 0.4) is 0 Å². The molecule has 0 bridgehead atoms. The van der Waals surface area contributed by atoms with Gasteiger partial charge in [0.2, 0.25) is 0 Å². The Balaban J connectivity index is 2.43. The van der Waals surface area contributed by atoms with Crippen molar-refractivity contribution in [3.05, 3.63) is 33.9 Å². The number of nitrogens with zero attached hydrogens (tertiary/aromatic N) is 1. The summed E-state index contributed by atoms with van der Waals surface area (Å²) in [6.45, 7) is 0. The van der Waals surface area contributed by atoms with Gasteiger partial charge >= 0.3 is 5.97 Å². The number of carboxylic acids is 1. The van der Waals surface area contributed by atoms with E-state index in [1.807, 2.05) is 0 Å². The topological polar surface area (TPSA) is 92.5 Å². The molecule has 8 heteroatoms. The van der Waals surface area contributed by atoms with Gasteiger partial charge in [-0.05, 0) is 18.9 Å². The monoisotopic (exact) mass is 300 g/mol. The first kappa shape index (κ1) is 15.1. The lowest BCUT2D eigenvalue weighted by Gasteiger charge is -2.29. The zero-order valence-corrected chi connectivity index (χ0v) is 11.1. The highest BCUT2D eigenvalue weighted by Crippen LogP contribution is 2.39.